The number of likely N-dealkylation sites (N-methyl/N-ethyl adjacent to an activating group) is 1. The van der Waals surface area contributed by atoms with Crippen molar-refractivity contribution in [3.63, 3.8) is 0 Å². The average molecular weight is 216 g/mol. The molecule has 4 nitrogen and oxygen atoms in total. The number of rotatable bonds is 7. The summed E-state index contributed by atoms with van der Waals surface area (Å²) in [4.78, 5) is 13.5. The van der Waals surface area contributed by atoms with Gasteiger partial charge in [0.2, 0.25) is 5.91 Å². The molecule has 2 N–H and O–H groups in total. The summed E-state index contributed by atoms with van der Waals surface area (Å²) in [5, 5.41) is 0. The Morgan fingerprint density at radius 1 is 1.53 bits per heavy atom. The molecule has 0 fully saturated rings. The highest BCUT2D eigenvalue weighted by Crippen LogP contribution is 2.07. The van der Waals surface area contributed by atoms with E-state index < -0.39 is 0 Å². The van der Waals surface area contributed by atoms with Gasteiger partial charge in [0.1, 0.15) is 0 Å². The average Bonchev–Trinajstić information content (AvgIpc) is 2.26. The summed E-state index contributed by atoms with van der Waals surface area (Å²) in [6, 6.07) is -0.373. The monoisotopic (exact) mass is 216 g/mol. The molecule has 1 unspecified atom stereocenters. The van der Waals surface area contributed by atoms with Gasteiger partial charge in [0, 0.05) is 27.3 Å². The molecular weight excluding hydrogens is 192 g/mol. The fraction of sp³-hybridized carbons (Fsp3) is 0.909. The SMILES string of the molecule is CCC(C)[C@H](N)C(=O)N(C)CCCOC. The van der Waals surface area contributed by atoms with Crippen molar-refractivity contribution >= 4 is 5.91 Å². The minimum Gasteiger partial charge on any atom is -0.385 e. The molecule has 0 saturated carbocycles. The standard InChI is InChI=1S/C11H24N2O2/c1-5-9(2)10(12)11(14)13(3)7-6-8-15-4/h9-10H,5-8,12H2,1-4H3/t9?,10-/m0/s1. The van der Waals surface area contributed by atoms with Crippen molar-refractivity contribution in [2.45, 2.75) is 32.7 Å². The maximum Gasteiger partial charge on any atom is 0.239 e. The second-order valence-electron chi connectivity index (χ2n) is 4.02. The van der Waals surface area contributed by atoms with Crippen LogP contribution in [-0.4, -0.2) is 44.2 Å². The smallest absolute Gasteiger partial charge is 0.239 e. The van der Waals surface area contributed by atoms with E-state index in [0.717, 1.165) is 12.8 Å². The topological polar surface area (TPSA) is 55.6 Å². The number of hydrogen-bond acceptors (Lipinski definition) is 3. The van der Waals surface area contributed by atoms with Crippen LogP contribution in [0.2, 0.25) is 0 Å². The van der Waals surface area contributed by atoms with Crippen LogP contribution in [-0.2, 0) is 9.53 Å². The van der Waals surface area contributed by atoms with Gasteiger partial charge in [0.25, 0.3) is 0 Å². The van der Waals surface area contributed by atoms with E-state index in [1.54, 1.807) is 19.1 Å². The lowest BCUT2D eigenvalue weighted by molar-refractivity contribution is -0.132. The van der Waals surface area contributed by atoms with Crippen molar-refractivity contribution in [3.8, 4) is 0 Å². The van der Waals surface area contributed by atoms with Gasteiger partial charge in [-0.2, -0.15) is 0 Å². The van der Waals surface area contributed by atoms with Crippen LogP contribution in [0.15, 0.2) is 0 Å². The zero-order chi connectivity index (χ0) is 11.8. The van der Waals surface area contributed by atoms with Crippen molar-refractivity contribution in [1.29, 1.82) is 0 Å². The molecule has 4 heteroatoms. The predicted molar refractivity (Wildman–Crippen MR) is 61.6 cm³/mol. The molecule has 0 bridgehead atoms. The first kappa shape index (κ1) is 14.4. The Bertz CT molecular complexity index is 185. The fourth-order valence-electron chi connectivity index (χ4n) is 1.31. The summed E-state index contributed by atoms with van der Waals surface area (Å²) in [6.45, 7) is 5.43. The quantitative estimate of drug-likeness (QED) is 0.642. The minimum atomic E-state index is -0.373. The van der Waals surface area contributed by atoms with Crippen LogP contribution in [0, 0.1) is 5.92 Å². The van der Waals surface area contributed by atoms with Gasteiger partial charge in [-0.3, -0.25) is 4.79 Å². The predicted octanol–water partition coefficient (Wildman–Crippen LogP) is 0.855. The number of carbonyl (C=O) groups is 1. The number of hydrogen-bond donors (Lipinski definition) is 1. The minimum absolute atomic E-state index is 0.0282. The van der Waals surface area contributed by atoms with E-state index in [4.69, 9.17) is 10.5 Å². The molecule has 0 aliphatic heterocycles. The molecule has 1 amide bonds. The highest BCUT2D eigenvalue weighted by atomic mass is 16.5. The first-order chi connectivity index (χ1) is 7.04. The number of nitrogens with two attached hydrogens (primary N) is 1. The van der Waals surface area contributed by atoms with Gasteiger partial charge < -0.3 is 15.4 Å². The third-order valence-corrected chi connectivity index (χ3v) is 2.76. The number of methoxy groups -OCH3 is 1. The Hall–Kier alpha value is -0.610. The van der Waals surface area contributed by atoms with E-state index in [1.807, 2.05) is 13.8 Å². The van der Waals surface area contributed by atoms with Crippen molar-refractivity contribution in [2.24, 2.45) is 11.7 Å². The van der Waals surface area contributed by atoms with Gasteiger partial charge >= 0.3 is 0 Å². The number of nitrogens with zero attached hydrogens (tertiary/aromatic N) is 1. The fourth-order valence-corrected chi connectivity index (χ4v) is 1.31. The highest BCUT2D eigenvalue weighted by Gasteiger charge is 2.22. The second kappa shape index (κ2) is 7.65. The van der Waals surface area contributed by atoms with Crippen molar-refractivity contribution in [3.05, 3.63) is 0 Å². The zero-order valence-electron chi connectivity index (χ0n) is 10.3. The number of carbonyl (C=O) groups excluding carboxylic acids is 1. The summed E-state index contributed by atoms with van der Waals surface area (Å²) in [5.74, 6) is 0.267. The summed E-state index contributed by atoms with van der Waals surface area (Å²) < 4.78 is 4.93. The number of ether oxygens (including phenoxy) is 1. The van der Waals surface area contributed by atoms with Gasteiger partial charge in [-0.05, 0) is 12.3 Å². The number of amides is 1. The molecule has 0 aromatic rings. The molecule has 0 aromatic heterocycles. The van der Waals surface area contributed by atoms with Crippen molar-refractivity contribution < 1.29 is 9.53 Å². The molecule has 15 heavy (non-hydrogen) atoms. The highest BCUT2D eigenvalue weighted by molar-refractivity contribution is 5.81. The molecule has 0 saturated heterocycles. The molecule has 0 spiro atoms. The third kappa shape index (κ3) is 5.14. The van der Waals surface area contributed by atoms with Gasteiger partial charge in [-0.25, -0.2) is 0 Å². The Labute approximate surface area is 92.8 Å². The van der Waals surface area contributed by atoms with Crippen LogP contribution in [0.4, 0.5) is 0 Å². The molecule has 0 aromatic carbocycles. The lowest BCUT2D eigenvalue weighted by Gasteiger charge is -2.24. The molecule has 0 rings (SSSR count). The largest absolute Gasteiger partial charge is 0.385 e. The van der Waals surface area contributed by atoms with Gasteiger partial charge in [-0.1, -0.05) is 20.3 Å². The van der Waals surface area contributed by atoms with E-state index in [-0.39, 0.29) is 17.9 Å². The second-order valence-corrected chi connectivity index (χ2v) is 4.02. The summed E-state index contributed by atoms with van der Waals surface area (Å²) in [5.41, 5.74) is 5.85. The molecule has 0 aliphatic rings. The van der Waals surface area contributed by atoms with E-state index in [1.165, 1.54) is 0 Å². The lowest BCUT2D eigenvalue weighted by atomic mass is 9.99. The molecular formula is C11H24N2O2. The van der Waals surface area contributed by atoms with Crippen LogP contribution in [0.3, 0.4) is 0 Å². The van der Waals surface area contributed by atoms with Crippen LogP contribution >= 0.6 is 0 Å². The Morgan fingerprint density at radius 3 is 2.60 bits per heavy atom. The van der Waals surface area contributed by atoms with Crippen LogP contribution in [0.1, 0.15) is 26.7 Å². The first-order valence-corrected chi connectivity index (χ1v) is 5.54. The summed E-state index contributed by atoms with van der Waals surface area (Å²) in [6.07, 6.45) is 1.78. The molecule has 0 radical (unpaired) electrons. The Balaban J connectivity index is 3.96. The van der Waals surface area contributed by atoms with Crippen molar-refractivity contribution in [1.82, 2.24) is 4.90 Å². The lowest BCUT2D eigenvalue weighted by Crippen LogP contribution is -2.45. The molecule has 0 aliphatic carbocycles. The van der Waals surface area contributed by atoms with Gasteiger partial charge in [0.15, 0.2) is 0 Å². The van der Waals surface area contributed by atoms with E-state index in [2.05, 4.69) is 0 Å². The first-order valence-electron chi connectivity index (χ1n) is 5.54. The van der Waals surface area contributed by atoms with Gasteiger partial charge in [-0.15, -0.1) is 0 Å². The van der Waals surface area contributed by atoms with Crippen LogP contribution in [0.5, 0.6) is 0 Å². The van der Waals surface area contributed by atoms with Crippen molar-refractivity contribution in [2.75, 3.05) is 27.3 Å². The zero-order valence-corrected chi connectivity index (χ0v) is 10.3. The van der Waals surface area contributed by atoms with E-state index >= 15 is 0 Å². The summed E-state index contributed by atoms with van der Waals surface area (Å²) in [7, 11) is 3.45. The van der Waals surface area contributed by atoms with Crippen LogP contribution < -0.4 is 5.73 Å². The van der Waals surface area contributed by atoms with Crippen LogP contribution in [0.25, 0.3) is 0 Å². The van der Waals surface area contributed by atoms with E-state index in [0.29, 0.717) is 13.2 Å². The molecule has 2 atom stereocenters. The normalized spacial score (nSPS) is 14.7. The molecule has 0 heterocycles. The summed E-state index contributed by atoms with van der Waals surface area (Å²) >= 11 is 0. The Kier molecular flexibility index (Phi) is 7.34. The maximum absolute atomic E-state index is 11.8. The molecule has 90 valence electrons. The van der Waals surface area contributed by atoms with E-state index in [9.17, 15) is 4.79 Å². The Morgan fingerprint density at radius 2 is 2.13 bits per heavy atom. The van der Waals surface area contributed by atoms with Gasteiger partial charge in [0.05, 0.1) is 6.04 Å². The third-order valence-electron chi connectivity index (χ3n) is 2.76. The maximum atomic E-state index is 11.8.